The van der Waals surface area contributed by atoms with Crippen LogP contribution in [0.1, 0.15) is 22.8 Å². The molecule has 94 valence electrons. The summed E-state index contributed by atoms with van der Waals surface area (Å²) in [5, 5.41) is 2.99. The van der Waals surface area contributed by atoms with Crippen LogP contribution in [-0.4, -0.2) is 24.0 Å². The Balaban J connectivity index is 2.82. The Morgan fingerprint density at radius 1 is 1.59 bits per heavy atom. The third-order valence-electron chi connectivity index (χ3n) is 2.47. The summed E-state index contributed by atoms with van der Waals surface area (Å²) in [5.74, 6) is -0.924. The first-order valence-corrected chi connectivity index (χ1v) is 6.61. The first kappa shape index (κ1) is 13.8. The van der Waals surface area contributed by atoms with Crippen molar-refractivity contribution < 1.29 is 9.18 Å². The molecule has 0 aliphatic rings. The number of thioether (sulfide) groups is 1. The summed E-state index contributed by atoms with van der Waals surface area (Å²) in [7, 11) is 0. The maximum absolute atomic E-state index is 13.7. The van der Waals surface area contributed by atoms with E-state index >= 15 is 0 Å². The van der Waals surface area contributed by atoms with Crippen LogP contribution in [0.5, 0.6) is 0 Å². The standard InChI is InChI=1S/C12H17FN2OS/c1-7-4-9(14)5-10(11(7)13)12(16)15-6-8(2)17-3/h4-5,8H,6,14H2,1-3H3,(H,15,16). The monoisotopic (exact) mass is 256 g/mol. The Morgan fingerprint density at radius 3 is 2.82 bits per heavy atom. The average molecular weight is 256 g/mol. The van der Waals surface area contributed by atoms with E-state index < -0.39 is 11.7 Å². The van der Waals surface area contributed by atoms with E-state index in [4.69, 9.17) is 5.73 Å². The van der Waals surface area contributed by atoms with E-state index in [1.807, 2.05) is 13.2 Å². The van der Waals surface area contributed by atoms with Gasteiger partial charge in [-0.3, -0.25) is 4.79 Å². The SMILES string of the molecule is CSC(C)CNC(=O)c1cc(N)cc(C)c1F. The highest BCUT2D eigenvalue weighted by Crippen LogP contribution is 2.17. The van der Waals surface area contributed by atoms with Crippen LogP contribution < -0.4 is 11.1 Å². The average Bonchev–Trinajstić information content (AvgIpc) is 2.30. The second-order valence-electron chi connectivity index (χ2n) is 3.96. The topological polar surface area (TPSA) is 55.1 Å². The zero-order chi connectivity index (χ0) is 13.0. The molecule has 0 radical (unpaired) electrons. The van der Waals surface area contributed by atoms with E-state index in [9.17, 15) is 9.18 Å². The van der Waals surface area contributed by atoms with E-state index in [1.54, 1.807) is 18.7 Å². The number of benzene rings is 1. The number of nitrogens with two attached hydrogens (primary N) is 1. The van der Waals surface area contributed by atoms with Gasteiger partial charge in [0.1, 0.15) is 5.82 Å². The van der Waals surface area contributed by atoms with Crippen LogP contribution in [0.25, 0.3) is 0 Å². The predicted octanol–water partition coefficient (Wildman–Crippen LogP) is 2.20. The van der Waals surface area contributed by atoms with Crippen molar-refractivity contribution in [2.75, 3.05) is 18.5 Å². The van der Waals surface area contributed by atoms with Gasteiger partial charge in [-0.15, -0.1) is 0 Å². The number of hydrogen-bond acceptors (Lipinski definition) is 3. The number of carbonyl (C=O) groups is 1. The number of amides is 1. The lowest BCUT2D eigenvalue weighted by Gasteiger charge is -2.11. The largest absolute Gasteiger partial charge is 0.399 e. The molecule has 1 aromatic carbocycles. The van der Waals surface area contributed by atoms with Gasteiger partial charge in [0, 0.05) is 17.5 Å². The van der Waals surface area contributed by atoms with Gasteiger partial charge in [0.05, 0.1) is 5.56 Å². The first-order valence-electron chi connectivity index (χ1n) is 5.32. The van der Waals surface area contributed by atoms with Gasteiger partial charge in [-0.2, -0.15) is 11.8 Å². The fourth-order valence-electron chi connectivity index (χ4n) is 1.38. The van der Waals surface area contributed by atoms with E-state index in [-0.39, 0.29) is 5.56 Å². The molecular formula is C12H17FN2OS. The number of carbonyl (C=O) groups excluding carboxylic acids is 1. The predicted molar refractivity (Wildman–Crippen MR) is 70.9 cm³/mol. The highest BCUT2D eigenvalue weighted by atomic mass is 32.2. The summed E-state index contributed by atoms with van der Waals surface area (Å²) in [6.07, 6.45) is 1.96. The third-order valence-corrected chi connectivity index (χ3v) is 3.45. The Kier molecular flexibility index (Phi) is 4.81. The fraction of sp³-hybridized carbons (Fsp3) is 0.417. The van der Waals surface area contributed by atoms with Gasteiger partial charge in [0.15, 0.2) is 0 Å². The van der Waals surface area contributed by atoms with Crippen LogP contribution >= 0.6 is 11.8 Å². The van der Waals surface area contributed by atoms with Crippen molar-refractivity contribution in [3.63, 3.8) is 0 Å². The molecule has 0 aliphatic carbocycles. The van der Waals surface area contributed by atoms with Gasteiger partial charge >= 0.3 is 0 Å². The Morgan fingerprint density at radius 2 is 2.24 bits per heavy atom. The molecule has 0 aliphatic heterocycles. The molecule has 3 N–H and O–H groups in total. The second-order valence-corrected chi connectivity index (χ2v) is 5.23. The Hall–Kier alpha value is -1.23. The smallest absolute Gasteiger partial charge is 0.254 e. The molecule has 1 atom stereocenters. The van der Waals surface area contributed by atoms with Gasteiger partial charge in [-0.05, 0) is 30.9 Å². The molecule has 0 saturated heterocycles. The number of nitrogens with one attached hydrogen (secondary N) is 1. The molecule has 0 heterocycles. The lowest BCUT2D eigenvalue weighted by molar-refractivity contribution is 0.0950. The summed E-state index contributed by atoms with van der Waals surface area (Å²) < 4.78 is 13.7. The van der Waals surface area contributed by atoms with Crippen molar-refractivity contribution in [3.05, 3.63) is 29.1 Å². The van der Waals surface area contributed by atoms with E-state index in [0.29, 0.717) is 23.0 Å². The lowest BCUT2D eigenvalue weighted by atomic mass is 10.1. The van der Waals surface area contributed by atoms with Crippen molar-refractivity contribution in [1.82, 2.24) is 5.32 Å². The van der Waals surface area contributed by atoms with Gasteiger partial charge in [0.2, 0.25) is 0 Å². The van der Waals surface area contributed by atoms with Crippen LogP contribution in [0.2, 0.25) is 0 Å². The molecular weight excluding hydrogens is 239 g/mol. The minimum atomic E-state index is -0.506. The molecule has 0 aromatic heterocycles. The summed E-state index contributed by atoms with van der Waals surface area (Å²) in [4.78, 5) is 11.8. The highest BCUT2D eigenvalue weighted by molar-refractivity contribution is 7.99. The van der Waals surface area contributed by atoms with Crippen molar-refractivity contribution in [2.24, 2.45) is 0 Å². The molecule has 1 amide bonds. The fourth-order valence-corrected chi connectivity index (χ4v) is 1.63. The van der Waals surface area contributed by atoms with Crippen molar-refractivity contribution in [3.8, 4) is 0 Å². The van der Waals surface area contributed by atoms with Crippen LogP contribution in [0.15, 0.2) is 12.1 Å². The molecule has 1 rings (SSSR count). The third kappa shape index (κ3) is 3.63. The van der Waals surface area contributed by atoms with Gasteiger partial charge in [0.25, 0.3) is 5.91 Å². The Bertz CT molecular complexity index is 423. The maximum Gasteiger partial charge on any atom is 0.254 e. The number of hydrogen-bond donors (Lipinski definition) is 2. The summed E-state index contributed by atoms with van der Waals surface area (Å²) in [6.45, 7) is 4.09. The van der Waals surface area contributed by atoms with Crippen LogP contribution in [0.4, 0.5) is 10.1 Å². The van der Waals surface area contributed by atoms with Gasteiger partial charge in [-0.1, -0.05) is 6.92 Å². The minimum absolute atomic E-state index is 0.0100. The van der Waals surface area contributed by atoms with Crippen molar-refractivity contribution >= 4 is 23.4 Å². The molecule has 0 bridgehead atoms. The zero-order valence-corrected chi connectivity index (χ0v) is 11.0. The van der Waals surface area contributed by atoms with E-state index in [2.05, 4.69) is 5.32 Å². The van der Waals surface area contributed by atoms with Crippen LogP contribution in [0, 0.1) is 12.7 Å². The molecule has 1 unspecified atom stereocenters. The molecule has 0 spiro atoms. The molecule has 5 heteroatoms. The Labute approximate surface area is 105 Å². The highest BCUT2D eigenvalue weighted by Gasteiger charge is 2.14. The maximum atomic E-state index is 13.7. The van der Waals surface area contributed by atoms with E-state index in [0.717, 1.165) is 0 Å². The number of nitrogen functional groups attached to an aromatic ring is 1. The van der Waals surface area contributed by atoms with Crippen molar-refractivity contribution in [2.45, 2.75) is 19.1 Å². The number of rotatable bonds is 4. The molecule has 0 fully saturated rings. The molecule has 0 saturated carbocycles. The summed E-state index contributed by atoms with van der Waals surface area (Å²) in [5.41, 5.74) is 6.39. The molecule has 17 heavy (non-hydrogen) atoms. The first-order chi connectivity index (χ1) is 7.95. The molecule has 1 aromatic rings. The number of halogens is 1. The van der Waals surface area contributed by atoms with Gasteiger partial charge < -0.3 is 11.1 Å². The van der Waals surface area contributed by atoms with Crippen molar-refractivity contribution in [1.29, 1.82) is 0 Å². The second kappa shape index (κ2) is 5.91. The number of aryl methyl sites for hydroxylation is 1. The summed E-state index contributed by atoms with van der Waals surface area (Å²) in [6, 6.07) is 2.87. The molecule has 3 nitrogen and oxygen atoms in total. The lowest BCUT2D eigenvalue weighted by Crippen LogP contribution is -2.30. The van der Waals surface area contributed by atoms with Crippen LogP contribution in [-0.2, 0) is 0 Å². The quantitative estimate of drug-likeness (QED) is 0.812. The minimum Gasteiger partial charge on any atom is -0.399 e. The van der Waals surface area contributed by atoms with E-state index in [1.165, 1.54) is 12.1 Å². The normalized spacial score (nSPS) is 12.2. The van der Waals surface area contributed by atoms with Gasteiger partial charge in [-0.25, -0.2) is 4.39 Å². The number of anilines is 1. The summed E-state index contributed by atoms with van der Waals surface area (Å²) >= 11 is 1.64. The zero-order valence-electron chi connectivity index (χ0n) is 10.2. The van der Waals surface area contributed by atoms with Crippen LogP contribution in [0.3, 0.4) is 0 Å².